The molecular weight excluding hydrogens is 389 g/mol. The molecule has 0 fully saturated rings. The molecule has 0 radical (unpaired) electrons. The van der Waals surface area contributed by atoms with E-state index in [1.54, 1.807) is 41.1 Å². The van der Waals surface area contributed by atoms with Gasteiger partial charge in [-0.3, -0.25) is 20.2 Å². The molecule has 0 saturated heterocycles. The van der Waals surface area contributed by atoms with Gasteiger partial charge in [-0.25, -0.2) is 4.68 Å². The third-order valence-corrected chi connectivity index (χ3v) is 4.65. The van der Waals surface area contributed by atoms with Crippen LogP contribution in [-0.4, -0.2) is 26.6 Å². The molecule has 2 heterocycles. The maximum absolute atomic E-state index is 12.3. The van der Waals surface area contributed by atoms with Crippen LogP contribution in [0.15, 0.2) is 48.5 Å². The summed E-state index contributed by atoms with van der Waals surface area (Å²) in [7, 11) is 0. The molecule has 0 unspecified atom stereocenters. The van der Waals surface area contributed by atoms with Gasteiger partial charge in [-0.05, 0) is 42.0 Å². The molecule has 0 spiro atoms. The predicted molar refractivity (Wildman–Crippen MR) is 102 cm³/mol. The van der Waals surface area contributed by atoms with Crippen molar-refractivity contribution in [3.8, 4) is 0 Å². The molecule has 2 aromatic carbocycles. The normalized spacial score (nSPS) is 15.8. The van der Waals surface area contributed by atoms with E-state index >= 15 is 0 Å². The highest BCUT2D eigenvalue weighted by Gasteiger charge is 2.29. The highest BCUT2D eigenvalue weighted by molar-refractivity contribution is 6.30. The van der Waals surface area contributed by atoms with Crippen molar-refractivity contribution in [1.29, 1.82) is 0 Å². The maximum atomic E-state index is 12.3. The van der Waals surface area contributed by atoms with Crippen LogP contribution >= 0.6 is 23.2 Å². The lowest BCUT2D eigenvalue weighted by Crippen LogP contribution is -2.29. The molecule has 1 atom stereocenters. The number of nitrogens with zero attached hydrogens (tertiary/aromatic N) is 3. The largest absolute Gasteiger partial charge is 0.295 e. The second-order valence-electron chi connectivity index (χ2n) is 5.98. The zero-order valence-corrected chi connectivity index (χ0v) is 15.3. The number of nitrogens with one attached hydrogen (secondary N) is 2. The minimum absolute atomic E-state index is 0.103. The van der Waals surface area contributed by atoms with Crippen LogP contribution < -0.4 is 10.6 Å². The molecule has 1 aromatic heterocycles. The summed E-state index contributed by atoms with van der Waals surface area (Å²) in [5, 5.41) is 10.8. The van der Waals surface area contributed by atoms with Gasteiger partial charge in [0.15, 0.2) is 0 Å². The number of hydrogen-bond acceptors (Lipinski definition) is 4. The standard InChI is InChI=1S/C18H13Cl2N5O2/c19-12-5-1-10(2-6-12)14-9-15(26)21-18-23-17(24-25(14)18)22-16(27)11-3-7-13(20)8-4-11/h1-8,14H,9H2,(H2,21,22,23,24,26,27)/t14-/m0/s1. The van der Waals surface area contributed by atoms with Crippen molar-refractivity contribution in [2.45, 2.75) is 12.5 Å². The van der Waals surface area contributed by atoms with Gasteiger partial charge >= 0.3 is 0 Å². The number of aromatic nitrogens is 3. The number of benzene rings is 2. The van der Waals surface area contributed by atoms with E-state index in [0.717, 1.165) is 5.56 Å². The van der Waals surface area contributed by atoms with Gasteiger partial charge in [-0.1, -0.05) is 35.3 Å². The highest BCUT2D eigenvalue weighted by Crippen LogP contribution is 2.30. The van der Waals surface area contributed by atoms with Crippen LogP contribution in [0.2, 0.25) is 10.0 Å². The summed E-state index contributed by atoms with van der Waals surface area (Å²) in [5.74, 6) is -0.168. The molecule has 1 aliphatic rings. The van der Waals surface area contributed by atoms with E-state index < -0.39 is 0 Å². The van der Waals surface area contributed by atoms with Crippen molar-refractivity contribution >= 4 is 46.9 Å². The van der Waals surface area contributed by atoms with Crippen LogP contribution in [0, 0.1) is 0 Å². The SMILES string of the molecule is O=C1C[C@@H](c2ccc(Cl)cc2)n2nc(NC(=O)c3ccc(Cl)cc3)nc2N1. The second kappa shape index (κ2) is 7.02. The Morgan fingerprint density at radius 2 is 1.70 bits per heavy atom. The Balaban J connectivity index is 1.61. The molecule has 0 aliphatic carbocycles. The monoisotopic (exact) mass is 401 g/mol. The first kappa shape index (κ1) is 17.5. The van der Waals surface area contributed by atoms with Crippen molar-refractivity contribution < 1.29 is 9.59 Å². The number of anilines is 2. The van der Waals surface area contributed by atoms with Gasteiger partial charge < -0.3 is 0 Å². The lowest BCUT2D eigenvalue weighted by atomic mass is 10.0. The van der Waals surface area contributed by atoms with Crippen molar-refractivity contribution in [2.75, 3.05) is 10.6 Å². The average molecular weight is 402 g/mol. The van der Waals surface area contributed by atoms with Crippen LogP contribution in [0.3, 0.4) is 0 Å². The summed E-state index contributed by atoms with van der Waals surface area (Å²) in [5.41, 5.74) is 1.29. The minimum atomic E-state index is -0.371. The summed E-state index contributed by atoms with van der Waals surface area (Å²) in [4.78, 5) is 28.6. The number of carbonyl (C=O) groups excluding carboxylic acids is 2. The molecule has 7 nitrogen and oxygen atoms in total. The quantitative estimate of drug-likeness (QED) is 0.698. The molecule has 136 valence electrons. The van der Waals surface area contributed by atoms with E-state index in [2.05, 4.69) is 20.7 Å². The number of halogens is 2. The maximum Gasteiger partial charge on any atom is 0.258 e. The summed E-state index contributed by atoms with van der Waals surface area (Å²) in [6, 6.07) is 13.3. The fourth-order valence-corrected chi connectivity index (χ4v) is 3.09. The first-order chi connectivity index (χ1) is 13.0. The summed E-state index contributed by atoms with van der Waals surface area (Å²) in [6.45, 7) is 0. The molecule has 2 amide bonds. The average Bonchev–Trinajstić information content (AvgIpc) is 3.04. The Labute approximate surface area is 164 Å². The molecule has 9 heteroatoms. The van der Waals surface area contributed by atoms with Gasteiger partial charge in [0.2, 0.25) is 11.9 Å². The Hall–Kier alpha value is -2.90. The summed E-state index contributed by atoms with van der Waals surface area (Å²) < 4.78 is 1.59. The van der Waals surface area contributed by atoms with Gasteiger partial charge in [0, 0.05) is 15.6 Å². The zero-order chi connectivity index (χ0) is 19.0. The third-order valence-electron chi connectivity index (χ3n) is 4.14. The number of hydrogen-bond donors (Lipinski definition) is 2. The Bertz CT molecular complexity index is 1020. The highest BCUT2D eigenvalue weighted by atomic mass is 35.5. The molecule has 4 rings (SSSR count). The van der Waals surface area contributed by atoms with Crippen molar-refractivity contribution in [3.63, 3.8) is 0 Å². The zero-order valence-electron chi connectivity index (χ0n) is 13.8. The van der Waals surface area contributed by atoms with Crippen LogP contribution in [0.1, 0.15) is 28.4 Å². The fourth-order valence-electron chi connectivity index (χ4n) is 2.84. The Morgan fingerprint density at radius 3 is 2.37 bits per heavy atom. The molecule has 27 heavy (non-hydrogen) atoms. The lowest BCUT2D eigenvalue weighted by Gasteiger charge is -2.23. The number of rotatable bonds is 3. The van der Waals surface area contributed by atoms with E-state index in [9.17, 15) is 9.59 Å². The molecule has 2 N–H and O–H groups in total. The predicted octanol–water partition coefficient (Wildman–Crippen LogP) is 3.77. The summed E-state index contributed by atoms with van der Waals surface area (Å²) >= 11 is 11.8. The Kier molecular flexibility index (Phi) is 4.55. The lowest BCUT2D eigenvalue weighted by molar-refractivity contribution is -0.117. The van der Waals surface area contributed by atoms with E-state index in [1.165, 1.54) is 0 Å². The van der Waals surface area contributed by atoms with E-state index in [-0.39, 0.29) is 36.2 Å². The molecular formula is C18H13Cl2N5O2. The number of carbonyl (C=O) groups is 2. The summed E-state index contributed by atoms with van der Waals surface area (Å²) in [6.07, 6.45) is 0.211. The molecule has 0 saturated carbocycles. The number of fused-ring (bicyclic) bond motifs is 1. The van der Waals surface area contributed by atoms with Gasteiger partial charge in [0.05, 0.1) is 12.5 Å². The van der Waals surface area contributed by atoms with Gasteiger partial charge in [0.1, 0.15) is 0 Å². The molecule has 1 aliphatic heterocycles. The first-order valence-electron chi connectivity index (χ1n) is 8.08. The van der Waals surface area contributed by atoms with Gasteiger partial charge in [-0.2, -0.15) is 4.98 Å². The van der Waals surface area contributed by atoms with E-state index in [1.807, 2.05) is 12.1 Å². The van der Waals surface area contributed by atoms with Gasteiger partial charge in [-0.15, -0.1) is 5.10 Å². The minimum Gasteiger partial charge on any atom is -0.295 e. The van der Waals surface area contributed by atoms with Crippen LogP contribution in [0.5, 0.6) is 0 Å². The van der Waals surface area contributed by atoms with Crippen molar-refractivity contribution in [3.05, 3.63) is 69.7 Å². The van der Waals surface area contributed by atoms with Crippen molar-refractivity contribution in [1.82, 2.24) is 14.8 Å². The number of amides is 2. The third kappa shape index (κ3) is 3.65. The van der Waals surface area contributed by atoms with Gasteiger partial charge in [0.25, 0.3) is 11.9 Å². The van der Waals surface area contributed by atoms with E-state index in [4.69, 9.17) is 23.2 Å². The molecule has 0 bridgehead atoms. The van der Waals surface area contributed by atoms with Crippen LogP contribution in [0.25, 0.3) is 0 Å². The van der Waals surface area contributed by atoms with Crippen LogP contribution in [-0.2, 0) is 4.79 Å². The van der Waals surface area contributed by atoms with Crippen LogP contribution in [0.4, 0.5) is 11.9 Å². The fraction of sp³-hybridized carbons (Fsp3) is 0.111. The van der Waals surface area contributed by atoms with Crippen molar-refractivity contribution in [2.24, 2.45) is 0 Å². The second-order valence-corrected chi connectivity index (χ2v) is 6.86. The Morgan fingerprint density at radius 1 is 1.07 bits per heavy atom. The van der Waals surface area contributed by atoms with E-state index in [0.29, 0.717) is 15.6 Å². The molecule has 3 aromatic rings. The topological polar surface area (TPSA) is 88.9 Å². The smallest absolute Gasteiger partial charge is 0.258 e. The first-order valence-corrected chi connectivity index (χ1v) is 8.84.